The average Bonchev–Trinajstić information content (AvgIpc) is 2.68. The van der Waals surface area contributed by atoms with Gasteiger partial charge in [-0.15, -0.1) is 0 Å². The van der Waals surface area contributed by atoms with Crippen molar-refractivity contribution in [3.63, 3.8) is 0 Å². The van der Waals surface area contributed by atoms with Crippen LogP contribution in [0.1, 0.15) is 34.6 Å². The standard InChI is InChI=1S/C19H22BrN3O6/c1-10(2)8-23-16(21)15(17(25)22(3)19(23)27)14(24)9-29-18(26)12-7-11(28-4)5-6-13(12)20/h5-7,10H,8-9,21H2,1-4H3. The lowest BCUT2D eigenvalue weighted by Crippen LogP contribution is -2.43. The van der Waals surface area contributed by atoms with Crippen LogP contribution in [0.15, 0.2) is 32.3 Å². The van der Waals surface area contributed by atoms with Gasteiger partial charge in [-0.1, -0.05) is 13.8 Å². The van der Waals surface area contributed by atoms with E-state index in [1.54, 1.807) is 12.1 Å². The molecule has 0 spiro atoms. The van der Waals surface area contributed by atoms with Crippen molar-refractivity contribution in [2.75, 3.05) is 19.5 Å². The smallest absolute Gasteiger partial charge is 0.339 e. The maximum atomic E-state index is 12.6. The van der Waals surface area contributed by atoms with Gasteiger partial charge in [0.2, 0.25) is 5.78 Å². The third-order valence-corrected chi connectivity index (χ3v) is 4.83. The molecular weight excluding hydrogens is 446 g/mol. The van der Waals surface area contributed by atoms with Gasteiger partial charge in [0.25, 0.3) is 5.56 Å². The topological polar surface area (TPSA) is 123 Å². The number of ether oxygens (including phenoxy) is 2. The fourth-order valence-electron chi connectivity index (χ4n) is 2.66. The first-order chi connectivity index (χ1) is 13.6. The van der Waals surface area contributed by atoms with Gasteiger partial charge in [-0.25, -0.2) is 9.59 Å². The highest BCUT2D eigenvalue weighted by molar-refractivity contribution is 9.10. The summed E-state index contributed by atoms with van der Waals surface area (Å²) in [5.74, 6) is -1.33. The van der Waals surface area contributed by atoms with Gasteiger partial charge in [0.1, 0.15) is 17.1 Å². The van der Waals surface area contributed by atoms with E-state index in [1.165, 1.54) is 24.8 Å². The van der Waals surface area contributed by atoms with Crippen molar-refractivity contribution in [1.82, 2.24) is 9.13 Å². The molecule has 0 aliphatic rings. The van der Waals surface area contributed by atoms with Gasteiger partial charge in [0, 0.05) is 18.1 Å². The number of rotatable bonds is 7. The maximum absolute atomic E-state index is 12.6. The molecule has 156 valence electrons. The summed E-state index contributed by atoms with van der Waals surface area (Å²) < 4.78 is 12.6. The van der Waals surface area contributed by atoms with Crippen LogP contribution >= 0.6 is 15.9 Å². The van der Waals surface area contributed by atoms with E-state index in [-0.39, 0.29) is 29.4 Å². The number of benzene rings is 1. The van der Waals surface area contributed by atoms with Gasteiger partial charge in [-0.3, -0.25) is 18.7 Å². The van der Waals surface area contributed by atoms with E-state index in [0.717, 1.165) is 4.57 Å². The molecule has 1 aromatic carbocycles. The molecule has 10 heteroatoms. The van der Waals surface area contributed by atoms with E-state index in [1.807, 2.05) is 13.8 Å². The molecular formula is C19H22BrN3O6. The molecule has 0 fully saturated rings. The van der Waals surface area contributed by atoms with Crippen LogP contribution in [0.3, 0.4) is 0 Å². The summed E-state index contributed by atoms with van der Waals surface area (Å²) in [5, 5.41) is 0. The zero-order valence-corrected chi connectivity index (χ0v) is 18.1. The Bertz CT molecular complexity index is 1070. The summed E-state index contributed by atoms with van der Waals surface area (Å²) in [7, 11) is 2.71. The quantitative estimate of drug-likeness (QED) is 0.484. The second kappa shape index (κ2) is 9.08. The molecule has 0 amide bonds. The molecule has 29 heavy (non-hydrogen) atoms. The van der Waals surface area contributed by atoms with Gasteiger partial charge in [0.05, 0.1) is 12.7 Å². The lowest BCUT2D eigenvalue weighted by atomic mass is 10.1. The molecule has 0 atom stereocenters. The number of hydrogen-bond donors (Lipinski definition) is 1. The number of nitrogen functional groups attached to an aromatic ring is 1. The Morgan fingerprint density at radius 3 is 2.48 bits per heavy atom. The van der Waals surface area contributed by atoms with E-state index >= 15 is 0 Å². The minimum absolute atomic E-state index is 0.0543. The number of anilines is 1. The van der Waals surface area contributed by atoms with Crippen molar-refractivity contribution >= 4 is 33.5 Å². The molecule has 2 rings (SSSR count). The van der Waals surface area contributed by atoms with Crippen LogP contribution in [0.5, 0.6) is 5.75 Å². The summed E-state index contributed by atoms with van der Waals surface area (Å²) >= 11 is 3.23. The fourth-order valence-corrected chi connectivity index (χ4v) is 3.06. The predicted octanol–water partition coefficient (Wildman–Crippen LogP) is 1.60. The third-order valence-electron chi connectivity index (χ3n) is 4.14. The van der Waals surface area contributed by atoms with E-state index in [4.69, 9.17) is 15.2 Å². The Morgan fingerprint density at radius 2 is 1.90 bits per heavy atom. The Kier molecular flexibility index (Phi) is 7.02. The van der Waals surface area contributed by atoms with Gasteiger partial charge in [-0.05, 0) is 40.0 Å². The monoisotopic (exact) mass is 467 g/mol. The first-order valence-corrected chi connectivity index (χ1v) is 9.50. The Morgan fingerprint density at radius 1 is 1.24 bits per heavy atom. The Hall–Kier alpha value is -2.88. The van der Waals surface area contributed by atoms with Crippen LogP contribution in [-0.2, 0) is 18.3 Å². The van der Waals surface area contributed by atoms with Gasteiger partial charge in [-0.2, -0.15) is 0 Å². The third kappa shape index (κ3) is 4.76. The summed E-state index contributed by atoms with van der Waals surface area (Å²) in [6, 6.07) is 4.70. The van der Waals surface area contributed by atoms with Crippen LogP contribution in [0.2, 0.25) is 0 Å². The molecule has 0 saturated carbocycles. The molecule has 0 saturated heterocycles. The number of nitrogens with two attached hydrogens (primary N) is 1. The van der Waals surface area contributed by atoms with E-state index < -0.39 is 29.6 Å². The van der Waals surface area contributed by atoms with Crippen molar-refractivity contribution in [2.24, 2.45) is 13.0 Å². The van der Waals surface area contributed by atoms with Crippen LogP contribution in [-0.4, -0.2) is 34.6 Å². The van der Waals surface area contributed by atoms with E-state index in [9.17, 15) is 19.2 Å². The molecule has 0 aliphatic heterocycles. The maximum Gasteiger partial charge on any atom is 0.339 e. The summed E-state index contributed by atoms with van der Waals surface area (Å²) in [4.78, 5) is 49.7. The Balaban J connectivity index is 2.32. The number of aromatic nitrogens is 2. The number of carbonyl (C=O) groups excluding carboxylic acids is 2. The largest absolute Gasteiger partial charge is 0.497 e. The highest BCUT2D eigenvalue weighted by atomic mass is 79.9. The summed E-state index contributed by atoms with van der Waals surface area (Å²) in [6.07, 6.45) is 0. The van der Waals surface area contributed by atoms with Gasteiger partial charge in [0.15, 0.2) is 6.61 Å². The molecule has 0 unspecified atom stereocenters. The van der Waals surface area contributed by atoms with Crippen LogP contribution in [0.4, 0.5) is 5.82 Å². The lowest BCUT2D eigenvalue weighted by molar-refractivity contribution is 0.0473. The summed E-state index contributed by atoms with van der Waals surface area (Å²) in [6.45, 7) is 3.26. The number of Topliss-reactive ketones (excluding diaryl/α,β-unsaturated/α-hetero) is 1. The molecule has 1 aromatic heterocycles. The number of nitrogens with zero attached hydrogens (tertiary/aromatic N) is 2. The zero-order valence-electron chi connectivity index (χ0n) is 16.5. The molecule has 1 heterocycles. The van der Waals surface area contributed by atoms with Crippen LogP contribution in [0.25, 0.3) is 0 Å². The van der Waals surface area contributed by atoms with Crippen LogP contribution < -0.4 is 21.7 Å². The van der Waals surface area contributed by atoms with Gasteiger partial charge >= 0.3 is 11.7 Å². The normalized spacial score (nSPS) is 10.8. The van der Waals surface area contributed by atoms with Crippen molar-refractivity contribution in [3.8, 4) is 5.75 Å². The molecule has 0 bridgehead atoms. The van der Waals surface area contributed by atoms with Crippen molar-refractivity contribution in [1.29, 1.82) is 0 Å². The minimum Gasteiger partial charge on any atom is -0.497 e. The highest BCUT2D eigenvalue weighted by Crippen LogP contribution is 2.23. The SMILES string of the molecule is COc1ccc(Br)c(C(=O)OCC(=O)c2c(N)n(CC(C)C)c(=O)n(C)c2=O)c1. The highest BCUT2D eigenvalue weighted by Gasteiger charge is 2.23. The minimum atomic E-state index is -0.837. The fraction of sp³-hybridized carbons (Fsp3) is 0.368. The number of carbonyl (C=O) groups is 2. The van der Waals surface area contributed by atoms with Crippen molar-refractivity contribution in [2.45, 2.75) is 20.4 Å². The van der Waals surface area contributed by atoms with Crippen LogP contribution in [0, 0.1) is 5.92 Å². The molecule has 9 nitrogen and oxygen atoms in total. The average molecular weight is 468 g/mol. The molecule has 2 aromatic rings. The molecule has 0 radical (unpaired) electrons. The number of methoxy groups -OCH3 is 1. The second-order valence-corrected chi connectivity index (χ2v) is 7.61. The first kappa shape index (κ1) is 22.4. The predicted molar refractivity (Wildman–Crippen MR) is 111 cm³/mol. The molecule has 2 N–H and O–H groups in total. The first-order valence-electron chi connectivity index (χ1n) is 8.71. The van der Waals surface area contributed by atoms with Gasteiger partial charge < -0.3 is 15.2 Å². The van der Waals surface area contributed by atoms with Crippen molar-refractivity contribution in [3.05, 3.63) is 54.6 Å². The summed E-state index contributed by atoms with van der Waals surface area (Å²) in [5.41, 5.74) is 4.27. The van der Waals surface area contributed by atoms with E-state index in [2.05, 4.69) is 15.9 Å². The second-order valence-electron chi connectivity index (χ2n) is 6.76. The van der Waals surface area contributed by atoms with Crippen molar-refractivity contribution < 1.29 is 19.1 Å². The Labute approximate surface area is 175 Å². The molecule has 0 aliphatic carbocycles. The van der Waals surface area contributed by atoms with E-state index in [0.29, 0.717) is 10.2 Å². The number of esters is 1. The number of hydrogen-bond acceptors (Lipinski definition) is 7. The zero-order chi connectivity index (χ0) is 21.9. The lowest BCUT2D eigenvalue weighted by Gasteiger charge is -2.16. The number of ketones is 1. The number of halogens is 1.